The molecule has 2 saturated heterocycles. The zero-order valence-corrected chi connectivity index (χ0v) is 20.4. The summed E-state index contributed by atoms with van der Waals surface area (Å²) >= 11 is 1.33. The van der Waals surface area contributed by atoms with E-state index in [0.29, 0.717) is 18.1 Å². The molecule has 0 bridgehead atoms. The first-order valence-electron chi connectivity index (χ1n) is 11.3. The minimum atomic E-state index is -3.49. The van der Waals surface area contributed by atoms with Crippen LogP contribution in [0, 0.1) is 13.8 Å². The molecule has 2 aromatic rings. The van der Waals surface area contributed by atoms with Gasteiger partial charge < -0.3 is 9.30 Å². The highest BCUT2D eigenvalue weighted by Gasteiger charge is 2.26. The molecule has 2 fully saturated rings. The topological polar surface area (TPSA) is 81.5 Å². The van der Waals surface area contributed by atoms with Crippen LogP contribution in [0.5, 0.6) is 0 Å². The Morgan fingerprint density at radius 2 is 1.97 bits per heavy atom. The maximum Gasteiger partial charge on any atom is 0.244 e. The molecule has 174 valence electrons. The van der Waals surface area contributed by atoms with E-state index in [0.717, 1.165) is 62.2 Å². The summed E-state index contributed by atoms with van der Waals surface area (Å²) in [4.78, 5) is 17.4. The van der Waals surface area contributed by atoms with Gasteiger partial charge in [0.2, 0.25) is 10.0 Å². The third kappa shape index (κ3) is 5.11. The lowest BCUT2D eigenvalue weighted by Crippen LogP contribution is -2.35. The van der Waals surface area contributed by atoms with Crippen LogP contribution in [0.1, 0.15) is 53.8 Å². The zero-order valence-electron chi connectivity index (χ0n) is 18.7. The van der Waals surface area contributed by atoms with E-state index in [1.54, 1.807) is 12.1 Å². The van der Waals surface area contributed by atoms with E-state index in [9.17, 15) is 13.2 Å². The molecule has 0 radical (unpaired) electrons. The number of aromatic nitrogens is 2. The summed E-state index contributed by atoms with van der Waals surface area (Å²) in [7, 11) is -3.49. The number of ketones is 1. The number of hydrogen-bond acceptors (Lipinski definition) is 6. The molecule has 7 nitrogen and oxygen atoms in total. The molecule has 0 amide bonds. The van der Waals surface area contributed by atoms with Crippen LogP contribution in [0.4, 0.5) is 0 Å². The first kappa shape index (κ1) is 23.5. The van der Waals surface area contributed by atoms with Gasteiger partial charge in [-0.15, -0.1) is 0 Å². The van der Waals surface area contributed by atoms with Crippen molar-refractivity contribution >= 4 is 27.6 Å². The Morgan fingerprint density at radius 1 is 1.19 bits per heavy atom. The molecule has 0 saturated carbocycles. The van der Waals surface area contributed by atoms with Gasteiger partial charge in [0.05, 0.1) is 16.9 Å². The third-order valence-electron chi connectivity index (χ3n) is 6.30. The number of piperidine rings is 1. The number of sulfonamides is 1. The Bertz CT molecular complexity index is 1050. The van der Waals surface area contributed by atoms with Crippen LogP contribution in [0.2, 0.25) is 0 Å². The highest BCUT2D eigenvalue weighted by Crippen LogP contribution is 2.25. The van der Waals surface area contributed by atoms with Crippen molar-refractivity contribution in [3.8, 4) is 0 Å². The van der Waals surface area contributed by atoms with E-state index >= 15 is 0 Å². The van der Waals surface area contributed by atoms with Gasteiger partial charge in [-0.25, -0.2) is 13.4 Å². The second kappa shape index (κ2) is 10.1. The Hall–Kier alpha value is -1.68. The Labute approximate surface area is 194 Å². The van der Waals surface area contributed by atoms with Crippen LogP contribution in [0.15, 0.2) is 34.3 Å². The quantitative estimate of drug-likeness (QED) is 0.425. The van der Waals surface area contributed by atoms with Gasteiger partial charge in [-0.3, -0.25) is 4.79 Å². The fraction of sp³-hybridized carbons (Fsp3) is 0.565. The third-order valence-corrected chi connectivity index (χ3v) is 9.12. The molecule has 0 aromatic carbocycles. The molecule has 2 aliphatic heterocycles. The van der Waals surface area contributed by atoms with E-state index in [2.05, 4.69) is 9.55 Å². The maximum atomic E-state index is 12.9. The van der Waals surface area contributed by atoms with Gasteiger partial charge in [-0.2, -0.15) is 4.31 Å². The van der Waals surface area contributed by atoms with Crippen molar-refractivity contribution in [1.29, 1.82) is 0 Å². The van der Waals surface area contributed by atoms with Gasteiger partial charge in [0, 0.05) is 49.4 Å². The van der Waals surface area contributed by atoms with Crippen LogP contribution < -0.4 is 0 Å². The van der Waals surface area contributed by atoms with Gasteiger partial charge >= 0.3 is 0 Å². The molecule has 2 aromatic heterocycles. The molecule has 4 rings (SSSR count). The second-order valence-corrected chi connectivity index (χ2v) is 11.5. The van der Waals surface area contributed by atoms with E-state index < -0.39 is 10.0 Å². The summed E-state index contributed by atoms with van der Waals surface area (Å²) in [6, 6.07) is 5.24. The molecule has 4 heterocycles. The monoisotopic (exact) mass is 477 g/mol. The minimum Gasteiger partial charge on any atom is -0.376 e. The first-order valence-corrected chi connectivity index (χ1v) is 13.7. The van der Waals surface area contributed by atoms with Crippen molar-refractivity contribution in [2.75, 3.05) is 25.4 Å². The smallest absolute Gasteiger partial charge is 0.244 e. The summed E-state index contributed by atoms with van der Waals surface area (Å²) < 4.78 is 35.0. The normalized spacial score (nSPS) is 20.0. The summed E-state index contributed by atoms with van der Waals surface area (Å²) in [5.74, 6) is 0.309. The molecule has 0 unspecified atom stereocenters. The van der Waals surface area contributed by atoms with E-state index in [1.807, 2.05) is 19.9 Å². The summed E-state index contributed by atoms with van der Waals surface area (Å²) in [5, 5.41) is 0.643. The van der Waals surface area contributed by atoms with E-state index in [1.165, 1.54) is 22.3 Å². The lowest BCUT2D eigenvalue weighted by molar-refractivity contribution is 0.0957. The molecular formula is C23H31N3O4S2. The number of ether oxygens (including phenoxy) is 1. The lowest BCUT2D eigenvalue weighted by atomic mass is 10.2. The number of carbonyl (C=O) groups excluding carboxylic acids is 1. The Balaban J connectivity index is 1.38. The largest absolute Gasteiger partial charge is 0.376 e. The van der Waals surface area contributed by atoms with E-state index in [4.69, 9.17) is 4.74 Å². The van der Waals surface area contributed by atoms with Gasteiger partial charge in [0.1, 0.15) is 4.90 Å². The second-order valence-electron chi connectivity index (χ2n) is 8.54. The molecule has 32 heavy (non-hydrogen) atoms. The van der Waals surface area contributed by atoms with Crippen LogP contribution in [0.3, 0.4) is 0 Å². The number of hydrogen-bond donors (Lipinski definition) is 0. The number of carbonyl (C=O) groups is 1. The lowest BCUT2D eigenvalue weighted by Gasteiger charge is -2.25. The van der Waals surface area contributed by atoms with Gasteiger partial charge in [-0.05, 0) is 57.7 Å². The predicted octanol–water partition coefficient (Wildman–Crippen LogP) is 3.83. The number of aryl methyl sites for hydroxylation is 1. The SMILES string of the molecule is Cc1cc(C(=O)CSc2ccc(S(=O)(=O)N3CCCCC3)cn2)c(C)n1C[C@@H]1CCCO1. The molecular weight excluding hydrogens is 446 g/mol. The highest BCUT2D eigenvalue weighted by atomic mass is 32.2. The summed E-state index contributed by atoms with van der Waals surface area (Å²) in [6.07, 6.45) is 6.66. The molecule has 0 N–H and O–H groups in total. The summed E-state index contributed by atoms with van der Waals surface area (Å²) in [5.41, 5.74) is 2.77. The number of rotatable bonds is 8. The minimum absolute atomic E-state index is 0.0495. The van der Waals surface area contributed by atoms with Crippen molar-refractivity contribution in [1.82, 2.24) is 13.9 Å². The zero-order chi connectivity index (χ0) is 22.7. The molecule has 0 aliphatic carbocycles. The van der Waals surface area contributed by atoms with E-state index in [-0.39, 0.29) is 22.5 Å². The average Bonchev–Trinajstić information content (AvgIpc) is 3.42. The number of Topliss-reactive ketones (excluding diaryl/α,β-unsaturated/α-hetero) is 1. The van der Waals surface area contributed by atoms with Crippen molar-refractivity contribution < 1.29 is 17.9 Å². The predicted molar refractivity (Wildman–Crippen MR) is 125 cm³/mol. The van der Waals surface area contributed by atoms with Crippen molar-refractivity contribution in [2.24, 2.45) is 0 Å². The molecule has 9 heteroatoms. The molecule has 2 aliphatic rings. The van der Waals surface area contributed by atoms with Crippen LogP contribution in [0.25, 0.3) is 0 Å². The van der Waals surface area contributed by atoms with Gasteiger partial charge in [-0.1, -0.05) is 18.2 Å². The molecule has 1 atom stereocenters. The number of nitrogens with zero attached hydrogens (tertiary/aromatic N) is 3. The summed E-state index contributed by atoms with van der Waals surface area (Å²) in [6.45, 7) is 6.74. The standard InChI is InChI=1S/C23H31N3O4S2/c1-17-13-21(18(2)26(17)15-19-7-6-12-30-19)22(27)16-31-23-9-8-20(14-24-23)32(28,29)25-10-4-3-5-11-25/h8-9,13-14,19H,3-7,10-12,15-16H2,1-2H3/t19-/m0/s1. The number of pyridine rings is 1. The van der Waals surface area contributed by atoms with Crippen molar-refractivity contribution in [3.63, 3.8) is 0 Å². The van der Waals surface area contributed by atoms with Crippen LogP contribution >= 0.6 is 11.8 Å². The van der Waals surface area contributed by atoms with Gasteiger partial charge in [0.25, 0.3) is 0 Å². The van der Waals surface area contributed by atoms with Crippen LogP contribution in [-0.4, -0.2) is 59.6 Å². The van der Waals surface area contributed by atoms with Crippen molar-refractivity contribution in [3.05, 3.63) is 41.3 Å². The highest BCUT2D eigenvalue weighted by molar-refractivity contribution is 7.99. The maximum absolute atomic E-state index is 12.9. The van der Waals surface area contributed by atoms with Crippen LogP contribution in [-0.2, 0) is 21.3 Å². The first-order chi connectivity index (χ1) is 15.4. The molecule has 0 spiro atoms. The fourth-order valence-electron chi connectivity index (χ4n) is 4.43. The van der Waals surface area contributed by atoms with Gasteiger partial charge in [0.15, 0.2) is 5.78 Å². The Kier molecular flexibility index (Phi) is 7.39. The Morgan fingerprint density at radius 3 is 2.62 bits per heavy atom. The fourth-order valence-corrected chi connectivity index (χ4v) is 6.62. The van der Waals surface area contributed by atoms with Crippen molar-refractivity contribution in [2.45, 2.75) is 68.5 Å². The average molecular weight is 478 g/mol. The number of thioether (sulfide) groups is 1.